The summed E-state index contributed by atoms with van der Waals surface area (Å²) in [6, 6.07) is -0.447. The lowest BCUT2D eigenvalue weighted by molar-refractivity contribution is -0.198. The highest BCUT2D eigenvalue weighted by molar-refractivity contribution is 4.95. The largest absolute Gasteiger partial charge is 0.392 e. The Labute approximate surface area is 87.7 Å². The summed E-state index contributed by atoms with van der Waals surface area (Å²) in [6.45, 7) is 3.51. The lowest BCUT2D eigenvalue weighted by Crippen LogP contribution is -2.47. The normalized spacial score (nSPS) is 29.9. The molecule has 1 aliphatic rings. The fourth-order valence-corrected chi connectivity index (χ4v) is 2.36. The predicted octanol–water partition coefficient (Wildman–Crippen LogP) is 2.37. The highest BCUT2D eigenvalue weighted by Gasteiger charge is 2.47. The molecule has 0 aromatic heterocycles. The highest BCUT2D eigenvalue weighted by Crippen LogP contribution is 2.42. The summed E-state index contributed by atoms with van der Waals surface area (Å²) < 4.78 is 38.2. The Bertz CT molecular complexity index is 215. The van der Waals surface area contributed by atoms with E-state index in [0.29, 0.717) is 12.8 Å². The zero-order valence-corrected chi connectivity index (χ0v) is 8.56. The molecular weight excluding hydrogens is 205 g/mol. The first-order valence-corrected chi connectivity index (χ1v) is 5.16. The molecule has 0 aromatic carbocycles. The first kappa shape index (κ1) is 12.5. The van der Waals surface area contributed by atoms with Gasteiger partial charge in [-0.2, -0.15) is 13.2 Å². The molecule has 5 heteroatoms. The van der Waals surface area contributed by atoms with Crippen molar-refractivity contribution in [3.05, 3.63) is 12.7 Å². The van der Waals surface area contributed by atoms with Gasteiger partial charge in [-0.1, -0.05) is 18.9 Å². The Morgan fingerprint density at radius 2 is 1.93 bits per heavy atom. The molecular formula is C10H17F3N2. The number of nitrogens with two attached hydrogens (primary N) is 1. The zero-order valence-electron chi connectivity index (χ0n) is 8.56. The fourth-order valence-electron chi connectivity index (χ4n) is 2.36. The number of hydrogen-bond donors (Lipinski definition) is 2. The van der Waals surface area contributed by atoms with E-state index in [-0.39, 0.29) is 6.42 Å². The molecule has 1 fully saturated rings. The van der Waals surface area contributed by atoms with Crippen LogP contribution in [0, 0.1) is 11.8 Å². The summed E-state index contributed by atoms with van der Waals surface area (Å²) in [6.07, 6.45) is -0.401. The van der Waals surface area contributed by atoms with Crippen LogP contribution in [0.3, 0.4) is 0 Å². The number of hydrogen-bond acceptors (Lipinski definition) is 2. The minimum absolute atomic E-state index is 0.209. The van der Waals surface area contributed by atoms with Crippen LogP contribution in [-0.2, 0) is 0 Å². The van der Waals surface area contributed by atoms with Crippen LogP contribution < -0.4 is 11.3 Å². The lowest BCUT2D eigenvalue weighted by atomic mass is 9.75. The number of nitrogens with one attached hydrogen (secondary N) is 1. The van der Waals surface area contributed by atoms with Gasteiger partial charge >= 0.3 is 6.18 Å². The van der Waals surface area contributed by atoms with E-state index in [1.165, 1.54) is 6.08 Å². The van der Waals surface area contributed by atoms with Crippen molar-refractivity contribution in [2.75, 3.05) is 0 Å². The molecule has 3 atom stereocenters. The molecule has 1 aliphatic carbocycles. The van der Waals surface area contributed by atoms with Crippen molar-refractivity contribution in [3.8, 4) is 0 Å². The van der Waals surface area contributed by atoms with E-state index in [1.807, 2.05) is 0 Å². The molecule has 0 amide bonds. The molecule has 15 heavy (non-hydrogen) atoms. The van der Waals surface area contributed by atoms with Crippen LogP contribution in [0.15, 0.2) is 12.7 Å². The summed E-state index contributed by atoms with van der Waals surface area (Å²) in [5.41, 5.74) is 2.41. The topological polar surface area (TPSA) is 38.0 Å². The van der Waals surface area contributed by atoms with E-state index in [4.69, 9.17) is 5.84 Å². The van der Waals surface area contributed by atoms with E-state index in [9.17, 15) is 13.2 Å². The van der Waals surface area contributed by atoms with Crippen molar-refractivity contribution in [1.82, 2.24) is 5.43 Å². The minimum Gasteiger partial charge on any atom is -0.271 e. The molecule has 0 aliphatic heterocycles. The zero-order chi connectivity index (χ0) is 11.5. The molecule has 88 valence electrons. The molecule has 3 N–H and O–H groups in total. The van der Waals surface area contributed by atoms with Crippen LogP contribution in [0.5, 0.6) is 0 Å². The first-order chi connectivity index (χ1) is 7.00. The van der Waals surface area contributed by atoms with Crippen molar-refractivity contribution in [1.29, 1.82) is 0 Å². The van der Waals surface area contributed by atoms with Gasteiger partial charge in [0.05, 0.1) is 5.92 Å². The Morgan fingerprint density at radius 3 is 2.40 bits per heavy atom. The standard InChI is InChI=1S/C10H17F3N2/c1-2-9(15-14)7-5-3-4-6-8(7)10(11,12)13/h2,7-9,15H,1,3-6,14H2. The Kier molecular flexibility index (Phi) is 4.16. The molecule has 0 bridgehead atoms. The van der Waals surface area contributed by atoms with Crippen LogP contribution in [0.25, 0.3) is 0 Å². The first-order valence-electron chi connectivity index (χ1n) is 5.16. The summed E-state index contributed by atoms with van der Waals surface area (Å²) >= 11 is 0. The molecule has 0 radical (unpaired) electrons. The van der Waals surface area contributed by atoms with Crippen molar-refractivity contribution in [3.63, 3.8) is 0 Å². The third kappa shape index (κ3) is 2.95. The smallest absolute Gasteiger partial charge is 0.271 e. The van der Waals surface area contributed by atoms with Gasteiger partial charge in [-0.25, -0.2) is 0 Å². The fraction of sp³-hybridized carbons (Fsp3) is 0.800. The predicted molar refractivity (Wildman–Crippen MR) is 52.8 cm³/mol. The maximum atomic E-state index is 12.7. The van der Waals surface area contributed by atoms with Gasteiger partial charge in [0.1, 0.15) is 0 Å². The number of halogens is 3. The molecule has 0 heterocycles. The van der Waals surface area contributed by atoms with Gasteiger partial charge in [-0.15, -0.1) is 6.58 Å². The van der Waals surface area contributed by atoms with E-state index >= 15 is 0 Å². The van der Waals surface area contributed by atoms with Crippen molar-refractivity contribution >= 4 is 0 Å². The van der Waals surface area contributed by atoms with Crippen LogP contribution in [0.4, 0.5) is 13.2 Å². The number of hydrazine groups is 1. The Morgan fingerprint density at radius 1 is 1.33 bits per heavy atom. The molecule has 3 unspecified atom stereocenters. The van der Waals surface area contributed by atoms with Gasteiger partial charge in [-0.3, -0.25) is 11.3 Å². The molecule has 0 aromatic rings. The lowest BCUT2D eigenvalue weighted by Gasteiger charge is -2.36. The SMILES string of the molecule is C=CC(NN)C1CCCCC1C(F)(F)F. The van der Waals surface area contributed by atoms with E-state index in [2.05, 4.69) is 12.0 Å². The van der Waals surface area contributed by atoms with E-state index < -0.39 is 24.1 Å². The van der Waals surface area contributed by atoms with Crippen molar-refractivity contribution in [2.24, 2.45) is 17.7 Å². The second-order valence-electron chi connectivity index (χ2n) is 4.02. The molecule has 1 rings (SSSR count). The van der Waals surface area contributed by atoms with Gasteiger partial charge in [-0.05, 0) is 18.8 Å². The summed E-state index contributed by atoms with van der Waals surface area (Å²) in [7, 11) is 0. The van der Waals surface area contributed by atoms with Crippen LogP contribution in [-0.4, -0.2) is 12.2 Å². The maximum Gasteiger partial charge on any atom is 0.392 e. The highest BCUT2D eigenvalue weighted by atomic mass is 19.4. The van der Waals surface area contributed by atoms with Gasteiger partial charge in [0.25, 0.3) is 0 Å². The van der Waals surface area contributed by atoms with E-state index in [0.717, 1.165) is 6.42 Å². The van der Waals surface area contributed by atoms with Crippen LogP contribution >= 0.6 is 0 Å². The van der Waals surface area contributed by atoms with Gasteiger partial charge in [0, 0.05) is 6.04 Å². The van der Waals surface area contributed by atoms with E-state index in [1.54, 1.807) is 0 Å². The Balaban J connectivity index is 2.77. The van der Waals surface area contributed by atoms with Gasteiger partial charge < -0.3 is 0 Å². The maximum absolute atomic E-state index is 12.7. The van der Waals surface area contributed by atoms with Crippen molar-refractivity contribution in [2.45, 2.75) is 37.9 Å². The monoisotopic (exact) mass is 222 g/mol. The molecule has 2 nitrogen and oxygen atoms in total. The number of rotatable bonds is 3. The average molecular weight is 222 g/mol. The summed E-state index contributed by atoms with van der Waals surface area (Å²) in [5.74, 6) is 3.51. The summed E-state index contributed by atoms with van der Waals surface area (Å²) in [4.78, 5) is 0. The third-order valence-electron chi connectivity index (χ3n) is 3.15. The minimum atomic E-state index is -4.12. The van der Waals surface area contributed by atoms with Gasteiger partial charge in [0.2, 0.25) is 0 Å². The average Bonchev–Trinajstić information content (AvgIpc) is 2.19. The molecule has 1 saturated carbocycles. The van der Waals surface area contributed by atoms with Crippen molar-refractivity contribution < 1.29 is 13.2 Å². The molecule has 0 spiro atoms. The molecule has 0 saturated heterocycles. The summed E-state index contributed by atoms with van der Waals surface area (Å²) in [5, 5.41) is 0. The number of alkyl halides is 3. The Hall–Kier alpha value is -0.550. The second-order valence-corrected chi connectivity index (χ2v) is 4.02. The quantitative estimate of drug-likeness (QED) is 0.437. The van der Waals surface area contributed by atoms with Gasteiger partial charge in [0.15, 0.2) is 0 Å². The third-order valence-corrected chi connectivity index (χ3v) is 3.15. The second kappa shape index (κ2) is 4.99. The van der Waals surface area contributed by atoms with Crippen LogP contribution in [0.1, 0.15) is 25.7 Å². The van der Waals surface area contributed by atoms with Crippen LogP contribution in [0.2, 0.25) is 0 Å².